The Morgan fingerprint density at radius 1 is 0.893 bits per heavy atom. The van der Waals surface area contributed by atoms with E-state index in [-0.39, 0.29) is 22.6 Å². The molecule has 0 aromatic rings. The first-order chi connectivity index (χ1) is 13.1. The van der Waals surface area contributed by atoms with Crippen LogP contribution in [0.2, 0.25) is 0 Å². The molecule has 0 heterocycles. The van der Waals surface area contributed by atoms with Crippen LogP contribution in [-0.4, -0.2) is 37.4 Å². The van der Waals surface area contributed by atoms with Crippen LogP contribution in [0.5, 0.6) is 0 Å². The number of hydrogen-bond donors (Lipinski definition) is 2. The molecule has 2 rings (SSSR count). The molecule has 2 N–H and O–H groups in total. The minimum Gasteiger partial charge on any atom is -0.362 e. The molecule has 0 fully saturated rings. The Morgan fingerprint density at radius 3 is 1.79 bits per heavy atom. The summed E-state index contributed by atoms with van der Waals surface area (Å²) in [5.74, 6) is 0. The van der Waals surface area contributed by atoms with Gasteiger partial charge in [0.1, 0.15) is 4.91 Å². The van der Waals surface area contributed by atoms with E-state index < -0.39 is 30.0 Å². The molecule has 0 bridgehead atoms. The summed E-state index contributed by atoms with van der Waals surface area (Å²) in [4.78, 5) is -1.21. The first kappa shape index (κ1) is 20.9. The summed E-state index contributed by atoms with van der Waals surface area (Å²) >= 11 is 0. The fourth-order valence-corrected chi connectivity index (χ4v) is 3.45. The molecule has 0 amide bonds. The van der Waals surface area contributed by atoms with Gasteiger partial charge in [-0.1, -0.05) is 30.4 Å². The highest BCUT2D eigenvalue weighted by molar-refractivity contribution is 7.91. The fourth-order valence-electron chi connectivity index (χ4n) is 2.14. The molecule has 144 valence electrons. The average molecular weight is 422 g/mol. The fraction of sp³-hybridized carbons (Fsp3) is 0. The molecule has 28 heavy (non-hydrogen) atoms. The highest BCUT2D eigenvalue weighted by Gasteiger charge is 2.24. The Hall–Kier alpha value is -3.38. The van der Waals surface area contributed by atoms with Crippen LogP contribution in [0, 0.1) is 5.39 Å². The van der Waals surface area contributed by atoms with Crippen LogP contribution in [0.3, 0.4) is 0 Å². The molecule has 12 nitrogen and oxygen atoms in total. The van der Waals surface area contributed by atoms with E-state index in [4.69, 9.17) is 10.9 Å². The first-order valence-electron chi connectivity index (χ1n) is 7.07. The van der Waals surface area contributed by atoms with Crippen LogP contribution >= 0.6 is 0 Å². The van der Waals surface area contributed by atoms with Crippen LogP contribution < -0.4 is 0 Å². The van der Waals surface area contributed by atoms with E-state index in [1.54, 1.807) is 0 Å². The SMILES string of the molecule is N#[N+]N=C1C=CC(=CC=C2C=CC(=NN=[N-])C(S(=O)(=O)O)=C2)C=C1S(=O)(=O)O. The van der Waals surface area contributed by atoms with Crippen molar-refractivity contribution >= 4 is 31.7 Å². The standard InChI is InChI=1S/C14H10N6O6S2/c15-19-17-11-5-3-9(7-13(11)27(21,22)23)1-2-10-4-6-12(18-20-16)14(8-10)28(24,25)26/h1-8H,(H,21,22,23)(H,24,25,26). The molecule has 0 radical (unpaired) electrons. The van der Waals surface area contributed by atoms with Gasteiger partial charge in [-0.25, -0.2) is 0 Å². The summed E-state index contributed by atoms with van der Waals surface area (Å²) in [5, 5.41) is 19.8. The first-order valence-corrected chi connectivity index (χ1v) is 9.95. The van der Waals surface area contributed by atoms with E-state index in [0.29, 0.717) is 0 Å². The van der Waals surface area contributed by atoms with Crippen molar-refractivity contribution in [3.05, 3.63) is 80.2 Å². The third kappa shape index (κ3) is 5.08. The predicted molar refractivity (Wildman–Crippen MR) is 99.5 cm³/mol. The number of nitrogens with zero attached hydrogens (tertiary/aromatic N) is 6. The molecular weight excluding hydrogens is 412 g/mol. The highest BCUT2D eigenvalue weighted by atomic mass is 32.2. The van der Waals surface area contributed by atoms with Crippen LogP contribution in [0.15, 0.2) is 85.0 Å². The monoisotopic (exact) mass is 422 g/mol. The van der Waals surface area contributed by atoms with Gasteiger partial charge in [0.25, 0.3) is 25.6 Å². The third-order valence-electron chi connectivity index (χ3n) is 3.30. The van der Waals surface area contributed by atoms with Gasteiger partial charge in [0.05, 0.1) is 4.91 Å². The number of diazo groups is 1. The second-order valence-corrected chi connectivity index (χ2v) is 7.90. The van der Waals surface area contributed by atoms with Crippen LogP contribution in [0.25, 0.3) is 10.6 Å². The van der Waals surface area contributed by atoms with Crippen molar-refractivity contribution < 1.29 is 25.9 Å². The molecule has 0 saturated carbocycles. The molecule has 0 saturated heterocycles. The summed E-state index contributed by atoms with van der Waals surface area (Å²) in [6.45, 7) is 0. The summed E-state index contributed by atoms with van der Waals surface area (Å²) < 4.78 is 64.2. The summed E-state index contributed by atoms with van der Waals surface area (Å²) in [6.07, 6.45) is 10.0. The van der Waals surface area contributed by atoms with Crippen molar-refractivity contribution in [2.45, 2.75) is 0 Å². The zero-order valence-corrected chi connectivity index (χ0v) is 15.3. The lowest BCUT2D eigenvalue weighted by Gasteiger charge is -2.13. The van der Waals surface area contributed by atoms with E-state index >= 15 is 0 Å². The van der Waals surface area contributed by atoms with Gasteiger partial charge >= 0.3 is 5.08 Å². The van der Waals surface area contributed by atoms with E-state index in [9.17, 15) is 25.9 Å². The van der Waals surface area contributed by atoms with Gasteiger partial charge in [-0.05, 0) is 35.1 Å². The topological polar surface area (TPSA) is 196 Å². The van der Waals surface area contributed by atoms with Crippen molar-refractivity contribution in [3.8, 4) is 0 Å². The molecule has 0 spiro atoms. The number of allylic oxidation sites excluding steroid dienone is 12. The Kier molecular flexibility index (Phi) is 6.06. The van der Waals surface area contributed by atoms with E-state index in [1.165, 1.54) is 36.5 Å². The zero-order valence-electron chi connectivity index (χ0n) is 13.6. The summed E-state index contributed by atoms with van der Waals surface area (Å²) in [7, 11) is -9.31. The van der Waals surface area contributed by atoms with Crippen molar-refractivity contribution in [3.63, 3.8) is 0 Å². The van der Waals surface area contributed by atoms with Gasteiger partial charge in [-0.15, -0.1) is 0 Å². The number of rotatable bonds is 4. The highest BCUT2D eigenvalue weighted by Crippen LogP contribution is 2.21. The number of hydrogen-bond acceptors (Lipinski definition) is 7. The molecule has 0 aromatic heterocycles. The molecule has 0 atom stereocenters. The molecule has 14 heteroatoms. The molecule has 2 aliphatic carbocycles. The summed E-state index contributed by atoms with van der Waals surface area (Å²) in [6, 6.07) is 0. The van der Waals surface area contributed by atoms with Gasteiger partial charge < -0.3 is 10.6 Å². The zero-order chi connectivity index (χ0) is 20.9. The van der Waals surface area contributed by atoms with Crippen molar-refractivity contribution in [1.29, 1.82) is 5.39 Å². The van der Waals surface area contributed by atoms with Gasteiger partial charge in [0.15, 0.2) is 10.8 Å². The maximum absolute atomic E-state index is 11.4. The Morgan fingerprint density at radius 2 is 1.36 bits per heavy atom. The van der Waals surface area contributed by atoms with Crippen molar-refractivity contribution in [2.24, 2.45) is 15.4 Å². The lowest BCUT2D eigenvalue weighted by atomic mass is 10.0. The van der Waals surface area contributed by atoms with Gasteiger partial charge in [-0.2, -0.15) is 16.8 Å². The second-order valence-electron chi connectivity index (χ2n) is 5.12. The van der Waals surface area contributed by atoms with Crippen molar-refractivity contribution in [2.75, 3.05) is 0 Å². The Labute approximate surface area is 159 Å². The van der Waals surface area contributed by atoms with Gasteiger partial charge in [0.2, 0.25) is 0 Å². The largest absolute Gasteiger partial charge is 0.362 e. The minimum atomic E-state index is -4.66. The maximum Gasteiger partial charge on any atom is 0.339 e. The molecular formula is C14H10N6O6S2. The Bertz CT molecular complexity index is 1220. The van der Waals surface area contributed by atoms with E-state index in [0.717, 1.165) is 12.2 Å². The van der Waals surface area contributed by atoms with Gasteiger partial charge in [-0.3, -0.25) is 14.3 Å². The third-order valence-corrected chi connectivity index (χ3v) is 5.06. The smallest absolute Gasteiger partial charge is 0.339 e. The average Bonchev–Trinajstić information content (AvgIpc) is 2.60. The van der Waals surface area contributed by atoms with E-state index in [2.05, 4.69) is 20.5 Å². The molecule has 0 unspecified atom stereocenters. The molecule has 0 aliphatic heterocycles. The predicted octanol–water partition coefficient (Wildman–Crippen LogP) is 2.11. The minimum absolute atomic E-state index is 0.275. The van der Waals surface area contributed by atoms with Crippen LogP contribution in [0.1, 0.15) is 0 Å². The van der Waals surface area contributed by atoms with Crippen LogP contribution in [0.4, 0.5) is 0 Å². The van der Waals surface area contributed by atoms with Crippen molar-refractivity contribution in [1.82, 2.24) is 0 Å². The normalized spacial score (nSPS) is 23.0. The van der Waals surface area contributed by atoms with E-state index in [1.807, 2.05) is 0 Å². The van der Waals surface area contributed by atoms with Crippen LogP contribution in [-0.2, 0) is 20.2 Å². The molecule has 0 aromatic carbocycles. The summed E-state index contributed by atoms with van der Waals surface area (Å²) in [5.41, 5.74) is 8.41. The van der Waals surface area contributed by atoms with Gasteiger partial charge in [0, 0.05) is 0 Å². The molecule has 2 aliphatic rings. The maximum atomic E-state index is 11.4. The lowest BCUT2D eigenvalue weighted by Crippen LogP contribution is -2.13. The Balaban J connectivity index is 2.49. The quantitative estimate of drug-likeness (QED) is 0.299. The lowest BCUT2D eigenvalue weighted by molar-refractivity contribution is 0.490. The second kappa shape index (κ2) is 8.10.